The van der Waals surface area contributed by atoms with Crippen LogP contribution in [0.1, 0.15) is 22.3 Å². The standard InChI is InChI=1S/C18H21BrO2/c1-13-6-7-15(8-14(13)2)10-18(11-20,12-21)16-4-3-5-17(19)9-16/h3-9,20-21H,10-12H2,1-2H3. The summed E-state index contributed by atoms with van der Waals surface area (Å²) in [7, 11) is 0. The van der Waals surface area contributed by atoms with Crippen LogP contribution in [0.25, 0.3) is 0 Å². The Morgan fingerprint density at radius 2 is 1.67 bits per heavy atom. The van der Waals surface area contributed by atoms with E-state index in [0.717, 1.165) is 15.6 Å². The number of aryl methyl sites for hydroxylation is 2. The molecule has 0 aliphatic heterocycles. The lowest BCUT2D eigenvalue weighted by Gasteiger charge is -2.31. The van der Waals surface area contributed by atoms with E-state index in [0.29, 0.717) is 6.42 Å². The van der Waals surface area contributed by atoms with E-state index in [1.54, 1.807) is 0 Å². The fraction of sp³-hybridized carbons (Fsp3) is 0.333. The van der Waals surface area contributed by atoms with Gasteiger partial charge in [0, 0.05) is 9.89 Å². The van der Waals surface area contributed by atoms with Crippen LogP contribution in [0.2, 0.25) is 0 Å². The van der Waals surface area contributed by atoms with Crippen molar-refractivity contribution >= 4 is 15.9 Å². The number of halogens is 1. The molecule has 21 heavy (non-hydrogen) atoms. The molecule has 2 nitrogen and oxygen atoms in total. The van der Waals surface area contributed by atoms with E-state index in [1.165, 1.54) is 11.1 Å². The molecule has 0 fully saturated rings. The van der Waals surface area contributed by atoms with Gasteiger partial charge in [0.15, 0.2) is 0 Å². The van der Waals surface area contributed by atoms with Crippen LogP contribution in [0.5, 0.6) is 0 Å². The normalized spacial score (nSPS) is 11.7. The van der Waals surface area contributed by atoms with Gasteiger partial charge in [0.05, 0.1) is 13.2 Å². The molecule has 2 N–H and O–H groups in total. The highest BCUT2D eigenvalue weighted by atomic mass is 79.9. The lowest BCUT2D eigenvalue weighted by Crippen LogP contribution is -2.37. The molecular formula is C18H21BrO2. The molecule has 0 amide bonds. The quantitative estimate of drug-likeness (QED) is 0.867. The third-order valence-corrected chi connectivity index (χ3v) is 4.65. The summed E-state index contributed by atoms with van der Waals surface area (Å²) < 4.78 is 0.950. The van der Waals surface area contributed by atoms with E-state index >= 15 is 0 Å². The Balaban J connectivity index is 2.40. The molecular weight excluding hydrogens is 328 g/mol. The lowest BCUT2D eigenvalue weighted by atomic mass is 9.76. The highest BCUT2D eigenvalue weighted by Crippen LogP contribution is 2.30. The average Bonchev–Trinajstić information content (AvgIpc) is 2.48. The van der Waals surface area contributed by atoms with Crippen molar-refractivity contribution in [3.05, 3.63) is 69.2 Å². The van der Waals surface area contributed by atoms with E-state index in [4.69, 9.17) is 0 Å². The van der Waals surface area contributed by atoms with Crippen molar-refractivity contribution < 1.29 is 10.2 Å². The lowest BCUT2D eigenvalue weighted by molar-refractivity contribution is 0.116. The molecule has 0 aromatic heterocycles. The monoisotopic (exact) mass is 348 g/mol. The Bertz CT molecular complexity index is 618. The topological polar surface area (TPSA) is 40.5 Å². The fourth-order valence-corrected chi connectivity index (χ4v) is 2.97. The van der Waals surface area contributed by atoms with Crippen LogP contribution in [0.3, 0.4) is 0 Å². The molecule has 0 bridgehead atoms. The molecule has 2 aromatic rings. The first-order valence-corrected chi connectivity index (χ1v) is 7.84. The van der Waals surface area contributed by atoms with Crippen LogP contribution in [0.15, 0.2) is 46.9 Å². The van der Waals surface area contributed by atoms with Crippen molar-refractivity contribution in [1.82, 2.24) is 0 Å². The molecule has 112 valence electrons. The first-order chi connectivity index (χ1) is 10.0. The predicted molar refractivity (Wildman–Crippen MR) is 89.6 cm³/mol. The summed E-state index contributed by atoms with van der Waals surface area (Å²) in [6.07, 6.45) is 0.609. The molecule has 0 unspecified atom stereocenters. The average molecular weight is 349 g/mol. The third kappa shape index (κ3) is 3.54. The van der Waals surface area contributed by atoms with Crippen molar-refractivity contribution in [1.29, 1.82) is 0 Å². The summed E-state index contributed by atoms with van der Waals surface area (Å²) in [5.41, 5.74) is 3.89. The first-order valence-electron chi connectivity index (χ1n) is 7.05. The highest BCUT2D eigenvalue weighted by Gasteiger charge is 2.31. The molecule has 3 heteroatoms. The number of benzene rings is 2. The summed E-state index contributed by atoms with van der Waals surface area (Å²) in [6.45, 7) is 3.98. The van der Waals surface area contributed by atoms with Gasteiger partial charge in [-0.15, -0.1) is 0 Å². The fourth-order valence-electron chi connectivity index (χ4n) is 2.57. The Kier molecular flexibility index (Phi) is 5.20. The van der Waals surface area contributed by atoms with Gasteiger partial charge < -0.3 is 10.2 Å². The van der Waals surface area contributed by atoms with Gasteiger partial charge in [0.25, 0.3) is 0 Å². The molecule has 0 spiro atoms. The minimum absolute atomic E-state index is 0.0904. The van der Waals surface area contributed by atoms with Gasteiger partial charge in [-0.05, 0) is 54.7 Å². The second kappa shape index (κ2) is 6.73. The van der Waals surface area contributed by atoms with Crippen LogP contribution >= 0.6 is 15.9 Å². The van der Waals surface area contributed by atoms with Gasteiger partial charge in [-0.3, -0.25) is 0 Å². The second-order valence-electron chi connectivity index (χ2n) is 5.70. The van der Waals surface area contributed by atoms with Gasteiger partial charge in [-0.1, -0.05) is 46.3 Å². The van der Waals surface area contributed by atoms with E-state index in [1.807, 2.05) is 24.3 Å². The van der Waals surface area contributed by atoms with Crippen molar-refractivity contribution in [2.24, 2.45) is 0 Å². The molecule has 0 saturated carbocycles. The Labute approximate surface area is 134 Å². The van der Waals surface area contributed by atoms with Gasteiger partial charge >= 0.3 is 0 Å². The summed E-state index contributed by atoms with van der Waals surface area (Å²) in [5.74, 6) is 0. The van der Waals surface area contributed by atoms with Gasteiger partial charge in [-0.25, -0.2) is 0 Å². The molecule has 0 radical (unpaired) electrons. The van der Waals surface area contributed by atoms with Crippen LogP contribution < -0.4 is 0 Å². The number of aliphatic hydroxyl groups is 2. The molecule has 2 aromatic carbocycles. The second-order valence-corrected chi connectivity index (χ2v) is 6.62. The first kappa shape index (κ1) is 16.2. The maximum Gasteiger partial charge on any atom is 0.0553 e. The van der Waals surface area contributed by atoms with Gasteiger partial charge in [-0.2, -0.15) is 0 Å². The Morgan fingerprint density at radius 3 is 2.24 bits per heavy atom. The third-order valence-electron chi connectivity index (χ3n) is 4.16. The SMILES string of the molecule is Cc1ccc(CC(CO)(CO)c2cccc(Br)c2)cc1C. The van der Waals surface area contributed by atoms with Crippen LogP contribution in [0.4, 0.5) is 0 Å². The Hall–Kier alpha value is -1.16. The predicted octanol–water partition coefficient (Wildman–Crippen LogP) is 3.53. The minimum Gasteiger partial charge on any atom is -0.395 e. The maximum absolute atomic E-state index is 9.93. The zero-order valence-corrected chi connectivity index (χ0v) is 14.0. The van der Waals surface area contributed by atoms with Crippen LogP contribution in [0, 0.1) is 13.8 Å². The number of hydrogen-bond donors (Lipinski definition) is 2. The highest BCUT2D eigenvalue weighted by molar-refractivity contribution is 9.10. The van der Waals surface area contributed by atoms with E-state index in [9.17, 15) is 10.2 Å². The van der Waals surface area contributed by atoms with Crippen molar-refractivity contribution in [2.75, 3.05) is 13.2 Å². The van der Waals surface area contributed by atoms with E-state index in [-0.39, 0.29) is 13.2 Å². The number of rotatable bonds is 5. The maximum atomic E-state index is 9.93. The van der Waals surface area contributed by atoms with Crippen molar-refractivity contribution in [3.8, 4) is 0 Å². The zero-order valence-electron chi connectivity index (χ0n) is 12.4. The molecule has 0 aliphatic carbocycles. The Morgan fingerprint density at radius 1 is 0.952 bits per heavy atom. The zero-order chi connectivity index (χ0) is 15.5. The van der Waals surface area contributed by atoms with Gasteiger partial charge in [0.1, 0.15) is 0 Å². The summed E-state index contributed by atoms with van der Waals surface area (Å²) in [5, 5.41) is 19.9. The molecule has 0 saturated heterocycles. The van der Waals surface area contributed by atoms with E-state index < -0.39 is 5.41 Å². The summed E-state index contributed by atoms with van der Waals surface area (Å²) in [4.78, 5) is 0. The smallest absolute Gasteiger partial charge is 0.0553 e. The number of aliphatic hydroxyl groups excluding tert-OH is 2. The molecule has 0 heterocycles. The molecule has 0 atom stereocenters. The van der Waals surface area contributed by atoms with Crippen molar-refractivity contribution in [3.63, 3.8) is 0 Å². The largest absolute Gasteiger partial charge is 0.395 e. The van der Waals surface area contributed by atoms with Crippen LogP contribution in [-0.2, 0) is 11.8 Å². The van der Waals surface area contributed by atoms with Crippen molar-refractivity contribution in [2.45, 2.75) is 25.7 Å². The number of hydrogen-bond acceptors (Lipinski definition) is 2. The van der Waals surface area contributed by atoms with E-state index in [2.05, 4.69) is 48.0 Å². The minimum atomic E-state index is -0.661. The van der Waals surface area contributed by atoms with Gasteiger partial charge in [0.2, 0.25) is 0 Å². The molecule has 2 rings (SSSR count). The summed E-state index contributed by atoms with van der Waals surface area (Å²) >= 11 is 3.46. The van der Waals surface area contributed by atoms with Crippen LogP contribution in [-0.4, -0.2) is 23.4 Å². The summed E-state index contributed by atoms with van der Waals surface area (Å²) in [6, 6.07) is 14.1. The molecule has 0 aliphatic rings.